The molecule has 0 atom stereocenters. The summed E-state index contributed by atoms with van der Waals surface area (Å²) in [6.07, 6.45) is 0.793. The van der Waals surface area contributed by atoms with Crippen LogP contribution in [0, 0.1) is 0 Å². The van der Waals surface area contributed by atoms with Crippen molar-refractivity contribution < 1.29 is 13.2 Å². The third kappa shape index (κ3) is 5.70. The number of piperazine rings is 1. The molecule has 28 heavy (non-hydrogen) atoms. The first-order valence-corrected chi connectivity index (χ1v) is 11.3. The summed E-state index contributed by atoms with van der Waals surface area (Å²) in [4.78, 5) is 5.06. The van der Waals surface area contributed by atoms with Crippen LogP contribution in [-0.4, -0.2) is 59.2 Å². The lowest BCUT2D eigenvalue weighted by atomic mass is 10.2. The predicted octanol–water partition coefficient (Wildman–Crippen LogP) is 2.58. The first-order valence-electron chi connectivity index (χ1n) is 9.83. The Hall–Kier alpha value is -2.09. The normalized spacial score (nSPS) is 15.5. The maximum atomic E-state index is 12.4. The van der Waals surface area contributed by atoms with Gasteiger partial charge in [0.2, 0.25) is 10.0 Å². The number of sulfonamides is 1. The maximum Gasteiger partial charge on any atom is 0.240 e. The Kier molecular flexibility index (Phi) is 7.30. The molecule has 1 aliphatic rings. The van der Waals surface area contributed by atoms with Gasteiger partial charge in [-0.25, -0.2) is 13.1 Å². The molecular weight excluding hydrogens is 374 g/mol. The second-order valence-corrected chi connectivity index (χ2v) is 8.59. The topological polar surface area (TPSA) is 61.9 Å². The number of rotatable bonds is 9. The summed E-state index contributed by atoms with van der Waals surface area (Å²) in [5, 5.41) is 0. The van der Waals surface area contributed by atoms with Gasteiger partial charge >= 0.3 is 0 Å². The first kappa shape index (κ1) is 20.6. The van der Waals surface area contributed by atoms with E-state index in [0.29, 0.717) is 18.9 Å². The Labute approximate surface area is 168 Å². The minimum absolute atomic E-state index is 0.271. The highest BCUT2D eigenvalue weighted by Crippen LogP contribution is 2.17. The molecule has 2 aromatic carbocycles. The summed E-state index contributed by atoms with van der Waals surface area (Å²) in [5.41, 5.74) is 1.27. The number of benzene rings is 2. The number of para-hydroxylation sites is 1. The number of hydrogen-bond donors (Lipinski definition) is 1. The van der Waals surface area contributed by atoms with Gasteiger partial charge in [-0.3, -0.25) is 4.90 Å². The van der Waals surface area contributed by atoms with Crippen molar-refractivity contribution in [2.75, 3.05) is 50.8 Å². The van der Waals surface area contributed by atoms with Crippen LogP contribution < -0.4 is 14.4 Å². The molecule has 0 aromatic heterocycles. The van der Waals surface area contributed by atoms with Gasteiger partial charge in [0.1, 0.15) is 5.75 Å². The molecule has 0 amide bonds. The summed E-state index contributed by atoms with van der Waals surface area (Å²) in [6.45, 7) is 7.80. The fourth-order valence-electron chi connectivity index (χ4n) is 3.34. The van der Waals surface area contributed by atoms with Gasteiger partial charge in [-0.2, -0.15) is 0 Å². The fraction of sp³-hybridized carbons (Fsp3) is 0.429. The monoisotopic (exact) mass is 403 g/mol. The van der Waals surface area contributed by atoms with E-state index in [9.17, 15) is 8.42 Å². The third-order valence-corrected chi connectivity index (χ3v) is 6.36. The van der Waals surface area contributed by atoms with Crippen LogP contribution in [0.15, 0.2) is 59.5 Å². The molecule has 0 bridgehead atoms. The van der Waals surface area contributed by atoms with Crippen molar-refractivity contribution >= 4 is 15.7 Å². The minimum Gasteiger partial charge on any atom is -0.494 e. The van der Waals surface area contributed by atoms with Gasteiger partial charge in [0.05, 0.1) is 11.5 Å². The summed E-state index contributed by atoms with van der Waals surface area (Å²) in [5.74, 6) is 0.677. The van der Waals surface area contributed by atoms with E-state index >= 15 is 0 Å². The number of nitrogens with one attached hydrogen (secondary N) is 1. The number of ether oxygens (including phenoxy) is 1. The largest absolute Gasteiger partial charge is 0.494 e. The second-order valence-electron chi connectivity index (χ2n) is 6.82. The molecule has 1 N–H and O–H groups in total. The fourth-order valence-corrected chi connectivity index (χ4v) is 4.42. The highest BCUT2D eigenvalue weighted by atomic mass is 32.2. The molecule has 7 heteroatoms. The molecule has 0 radical (unpaired) electrons. The third-order valence-electron chi connectivity index (χ3n) is 4.88. The van der Waals surface area contributed by atoms with Crippen molar-refractivity contribution in [3.8, 4) is 5.75 Å². The molecule has 152 valence electrons. The van der Waals surface area contributed by atoms with Gasteiger partial charge in [0, 0.05) is 38.4 Å². The van der Waals surface area contributed by atoms with Crippen molar-refractivity contribution in [1.82, 2.24) is 9.62 Å². The van der Waals surface area contributed by atoms with E-state index in [1.165, 1.54) is 5.69 Å². The predicted molar refractivity (Wildman–Crippen MR) is 113 cm³/mol. The Bertz CT molecular complexity index is 818. The Morgan fingerprint density at radius 2 is 1.64 bits per heavy atom. The zero-order chi connectivity index (χ0) is 19.8. The molecule has 0 spiro atoms. The van der Waals surface area contributed by atoms with Crippen LogP contribution >= 0.6 is 0 Å². The molecule has 3 rings (SSSR count). The van der Waals surface area contributed by atoms with Crippen molar-refractivity contribution in [3.63, 3.8) is 0 Å². The van der Waals surface area contributed by atoms with Crippen molar-refractivity contribution in [1.29, 1.82) is 0 Å². The maximum absolute atomic E-state index is 12.4. The number of nitrogens with zero attached hydrogens (tertiary/aromatic N) is 2. The van der Waals surface area contributed by atoms with Crippen molar-refractivity contribution in [2.45, 2.75) is 18.2 Å². The Morgan fingerprint density at radius 1 is 0.964 bits per heavy atom. The molecule has 0 unspecified atom stereocenters. The van der Waals surface area contributed by atoms with Crippen LogP contribution in [0.1, 0.15) is 13.3 Å². The van der Waals surface area contributed by atoms with Crippen LogP contribution in [0.2, 0.25) is 0 Å². The van der Waals surface area contributed by atoms with E-state index in [1.54, 1.807) is 24.3 Å². The summed E-state index contributed by atoms with van der Waals surface area (Å²) in [7, 11) is -3.47. The molecule has 2 aromatic rings. The van der Waals surface area contributed by atoms with Gasteiger partial charge in [-0.05, 0) is 56.3 Å². The van der Waals surface area contributed by atoms with E-state index in [4.69, 9.17) is 4.74 Å². The average Bonchev–Trinajstić information content (AvgIpc) is 2.73. The van der Waals surface area contributed by atoms with Crippen LogP contribution in [0.5, 0.6) is 5.75 Å². The van der Waals surface area contributed by atoms with E-state index in [2.05, 4.69) is 38.8 Å². The highest BCUT2D eigenvalue weighted by Gasteiger charge is 2.17. The number of anilines is 1. The van der Waals surface area contributed by atoms with Gasteiger partial charge in [-0.1, -0.05) is 18.2 Å². The lowest BCUT2D eigenvalue weighted by molar-refractivity contribution is 0.255. The zero-order valence-electron chi connectivity index (χ0n) is 16.4. The standard InChI is InChI=1S/C21H29N3O3S/c1-2-27-20-9-11-21(12-10-20)28(25,26)22-13-6-14-23-15-17-24(18-16-23)19-7-4-3-5-8-19/h3-5,7-12,22H,2,6,13-18H2,1H3. The molecule has 1 heterocycles. The summed E-state index contributed by atoms with van der Waals surface area (Å²) in [6, 6.07) is 17.0. The van der Waals surface area contributed by atoms with Gasteiger partial charge in [0.15, 0.2) is 0 Å². The van der Waals surface area contributed by atoms with Crippen molar-refractivity contribution in [3.05, 3.63) is 54.6 Å². The van der Waals surface area contributed by atoms with Crippen LogP contribution in [0.4, 0.5) is 5.69 Å². The Balaban J connectivity index is 1.38. The SMILES string of the molecule is CCOc1ccc(S(=O)(=O)NCCCN2CCN(c3ccccc3)CC2)cc1. The average molecular weight is 404 g/mol. The lowest BCUT2D eigenvalue weighted by Gasteiger charge is -2.36. The van der Waals surface area contributed by atoms with Gasteiger partial charge in [0.25, 0.3) is 0 Å². The molecule has 1 saturated heterocycles. The smallest absolute Gasteiger partial charge is 0.240 e. The lowest BCUT2D eigenvalue weighted by Crippen LogP contribution is -2.47. The van der Waals surface area contributed by atoms with Gasteiger partial charge < -0.3 is 9.64 Å². The molecule has 0 saturated carbocycles. The molecule has 0 aliphatic carbocycles. The van der Waals surface area contributed by atoms with Gasteiger partial charge in [-0.15, -0.1) is 0 Å². The van der Waals surface area contributed by atoms with E-state index in [-0.39, 0.29) is 4.90 Å². The zero-order valence-corrected chi connectivity index (χ0v) is 17.2. The minimum atomic E-state index is -3.47. The van der Waals surface area contributed by atoms with Crippen LogP contribution in [0.3, 0.4) is 0 Å². The molecule has 1 fully saturated rings. The number of hydrogen-bond acceptors (Lipinski definition) is 5. The Morgan fingerprint density at radius 3 is 2.29 bits per heavy atom. The molecule has 6 nitrogen and oxygen atoms in total. The van der Waals surface area contributed by atoms with E-state index < -0.39 is 10.0 Å². The highest BCUT2D eigenvalue weighted by molar-refractivity contribution is 7.89. The summed E-state index contributed by atoms with van der Waals surface area (Å²) >= 11 is 0. The van der Waals surface area contributed by atoms with Crippen LogP contribution in [-0.2, 0) is 10.0 Å². The van der Waals surface area contributed by atoms with Crippen molar-refractivity contribution in [2.24, 2.45) is 0 Å². The molecular formula is C21H29N3O3S. The first-order chi connectivity index (χ1) is 13.6. The second kappa shape index (κ2) is 9.91. The quantitative estimate of drug-likeness (QED) is 0.652. The van der Waals surface area contributed by atoms with E-state index in [0.717, 1.165) is 39.1 Å². The molecule has 1 aliphatic heterocycles. The van der Waals surface area contributed by atoms with E-state index in [1.807, 2.05) is 13.0 Å². The summed E-state index contributed by atoms with van der Waals surface area (Å²) < 4.78 is 32.8. The van der Waals surface area contributed by atoms with Crippen LogP contribution in [0.25, 0.3) is 0 Å².